The predicted molar refractivity (Wildman–Crippen MR) is 120 cm³/mol. The molecule has 0 aromatic heterocycles. The molecule has 1 spiro atoms. The van der Waals surface area contributed by atoms with Crippen LogP contribution in [0.4, 0.5) is 0 Å². The van der Waals surface area contributed by atoms with Crippen LogP contribution in [0.1, 0.15) is 79.1 Å². The van der Waals surface area contributed by atoms with Gasteiger partial charge in [0.05, 0.1) is 0 Å². The van der Waals surface area contributed by atoms with Crippen molar-refractivity contribution >= 4 is 5.91 Å². The summed E-state index contributed by atoms with van der Waals surface area (Å²) in [5.41, 5.74) is 0.529. The van der Waals surface area contributed by atoms with Gasteiger partial charge in [-0.3, -0.25) is 9.69 Å². The number of amides is 1. The van der Waals surface area contributed by atoms with Crippen LogP contribution in [0.2, 0.25) is 0 Å². The van der Waals surface area contributed by atoms with Crippen molar-refractivity contribution < 1.29 is 4.79 Å². The van der Waals surface area contributed by atoms with Gasteiger partial charge in [0.2, 0.25) is 5.91 Å². The third-order valence-corrected chi connectivity index (χ3v) is 9.02. The minimum atomic E-state index is 0.307. The van der Waals surface area contributed by atoms with Gasteiger partial charge < -0.3 is 9.80 Å². The predicted octanol–water partition coefficient (Wildman–Crippen LogP) is 4.25. The van der Waals surface area contributed by atoms with Gasteiger partial charge in [0.1, 0.15) is 0 Å². The zero-order valence-corrected chi connectivity index (χ0v) is 19.5. The third kappa shape index (κ3) is 4.69. The molecule has 4 heteroatoms. The molecule has 0 N–H and O–H groups in total. The molecule has 0 unspecified atom stereocenters. The van der Waals surface area contributed by atoms with Crippen molar-refractivity contribution in [3.05, 3.63) is 0 Å². The highest BCUT2D eigenvalue weighted by molar-refractivity contribution is 5.79. The Labute approximate surface area is 179 Å². The molecule has 3 saturated heterocycles. The largest absolute Gasteiger partial charge is 0.342 e. The second kappa shape index (κ2) is 8.86. The highest BCUT2D eigenvalue weighted by Crippen LogP contribution is 2.42. The van der Waals surface area contributed by atoms with Gasteiger partial charge in [0.15, 0.2) is 0 Å². The quantitative estimate of drug-likeness (QED) is 0.702. The van der Waals surface area contributed by atoms with E-state index in [9.17, 15) is 4.79 Å². The molecule has 0 aromatic carbocycles. The summed E-state index contributed by atoms with van der Waals surface area (Å²) in [5, 5.41) is 0. The van der Waals surface area contributed by atoms with Crippen molar-refractivity contribution in [2.75, 3.05) is 39.3 Å². The second-order valence-corrected chi connectivity index (χ2v) is 11.4. The van der Waals surface area contributed by atoms with Crippen molar-refractivity contribution in [3.8, 4) is 0 Å². The first-order valence-electron chi connectivity index (χ1n) is 12.6. The Morgan fingerprint density at radius 2 is 1.41 bits per heavy atom. The molecule has 3 heterocycles. The molecule has 3 aliphatic heterocycles. The number of nitrogens with zero attached hydrogens (tertiary/aromatic N) is 3. The molecule has 1 saturated carbocycles. The average molecular weight is 404 g/mol. The Kier molecular flexibility index (Phi) is 6.61. The van der Waals surface area contributed by atoms with E-state index in [1.54, 1.807) is 0 Å². The fourth-order valence-corrected chi connectivity index (χ4v) is 6.60. The number of rotatable bonds is 4. The first kappa shape index (κ1) is 21.6. The molecule has 1 amide bonds. The zero-order chi connectivity index (χ0) is 20.6. The molecule has 0 radical (unpaired) electrons. The molecule has 4 nitrogen and oxygen atoms in total. The van der Waals surface area contributed by atoms with Crippen LogP contribution in [0, 0.1) is 23.2 Å². The fourth-order valence-electron chi connectivity index (χ4n) is 6.60. The molecule has 1 aliphatic carbocycles. The van der Waals surface area contributed by atoms with Crippen molar-refractivity contribution in [1.29, 1.82) is 0 Å². The highest BCUT2D eigenvalue weighted by Gasteiger charge is 2.46. The topological polar surface area (TPSA) is 26.8 Å². The standard InChI is InChI=1S/C25H45N3O/c1-19(2)21-9-13-26(14-10-21)23-7-5-22(6-8-23)24(29)27-15-11-25(12-16-27)17-28(18-25)20(3)4/h19-23H,5-18H2,1-4H3. The SMILES string of the molecule is CC(C)C1CCN(C2CCC(C(=O)N3CCC4(CC3)CN(C(C)C)C4)CC2)CC1. The van der Waals surface area contributed by atoms with E-state index in [4.69, 9.17) is 0 Å². The fraction of sp³-hybridized carbons (Fsp3) is 0.960. The maximum absolute atomic E-state index is 13.1. The van der Waals surface area contributed by atoms with E-state index in [1.165, 1.54) is 64.7 Å². The Morgan fingerprint density at radius 1 is 0.828 bits per heavy atom. The monoisotopic (exact) mass is 403 g/mol. The van der Waals surface area contributed by atoms with Crippen molar-refractivity contribution in [2.45, 2.75) is 91.1 Å². The first-order chi connectivity index (χ1) is 13.9. The smallest absolute Gasteiger partial charge is 0.225 e. The number of hydrogen-bond donors (Lipinski definition) is 0. The maximum atomic E-state index is 13.1. The lowest BCUT2D eigenvalue weighted by atomic mass is 9.71. The lowest BCUT2D eigenvalue weighted by molar-refractivity contribution is -0.142. The van der Waals surface area contributed by atoms with Crippen LogP contribution in [0.5, 0.6) is 0 Å². The summed E-state index contributed by atoms with van der Waals surface area (Å²) in [6, 6.07) is 1.42. The Hall–Kier alpha value is -0.610. The van der Waals surface area contributed by atoms with Gasteiger partial charge >= 0.3 is 0 Å². The molecule has 4 fully saturated rings. The van der Waals surface area contributed by atoms with Gasteiger partial charge in [-0.05, 0) is 95.6 Å². The van der Waals surface area contributed by atoms with Crippen LogP contribution in [0.15, 0.2) is 0 Å². The number of carbonyl (C=O) groups excluding carboxylic acids is 1. The summed E-state index contributed by atoms with van der Waals surface area (Å²) in [6.45, 7) is 16.5. The average Bonchev–Trinajstić information content (AvgIpc) is 2.71. The summed E-state index contributed by atoms with van der Waals surface area (Å²) in [6.07, 6.45) is 9.92. The van der Waals surface area contributed by atoms with Crippen LogP contribution in [-0.4, -0.2) is 72.0 Å². The van der Waals surface area contributed by atoms with E-state index in [0.717, 1.165) is 43.8 Å². The van der Waals surface area contributed by atoms with Crippen LogP contribution in [0.25, 0.3) is 0 Å². The van der Waals surface area contributed by atoms with Crippen LogP contribution < -0.4 is 0 Å². The van der Waals surface area contributed by atoms with Crippen molar-refractivity contribution in [1.82, 2.24) is 14.7 Å². The van der Waals surface area contributed by atoms with Gasteiger partial charge in [-0.25, -0.2) is 0 Å². The van der Waals surface area contributed by atoms with Crippen LogP contribution in [-0.2, 0) is 4.79 Å². The Morgan fingerprint density at radius 3 is 1.93 bits per heavy atom. The molecule has 4 rings (SSSR count). The lowest BCUT2D eigenvalue weighted by Crippen LogP contribution is -2.62. The summed E-state index contributed by atoms with van der Waals surface area (Å²) in [5.74, 6) is 2.55. The molecular formula is C25H45N3O. The summed E-state index contributed by atoms with van der Waals surface area (Å²) < 4.78 is 0. The molecule has 0 aromatic rings. The van der Waals surface area contributed by atoms with Gasteiger partial charge in [-0.1, -0.05) is 13.8 Å². The summed E-state index contributed by atoms with van der Waals surface area (Å²) >= 11 is 0. The number of hydrogen-bond acceptors (Lipinski definition) is 3. The number of carbonyl (C=O) groups is 1. The third-order valence-electron chi connectivity index (χ3n) is 9.02. The number of piperidine rings is 2. The van der Waals surface area contributed by atoms with Crippen LogP contribution in [0.3, 0.4) is 0 Å². The second-order valence-electron chi connectivity index (χ2n) is 11.4. The molecule has 29 heavy (non-hydrogen) atoms. The minimum Gasteiger partial charge on any atom is -0.342 e. The van der Waals surface area contributed by atoms with E-state index in [2.05, 4.69) is 42.4 Å². The molecule has 166 valence electrons. The van der Waals surface area contributed by atoms with Gasteiger partial charge in [-0.2, -0.15) is 0 Å². The van der Waals surface area contributed by atoms with E-state index < -0.39 is 0 Å². The summed E-state index contributed by atoms with van der Waals surface area (Å²) in [7, 11) is 0. The number of likely N-dealkylation sites (tertiary alicyclic amines) is 3. The van der Waals surface area contributed by atoms with Gasteiger partial charge in [0.25, 0.3) is 0 Å². The molecule has 0 bridgehead atoms. The van der Waals surface area contributed by atoms with Crippen molar-refractivity contribution in [3.63, 3.8) is 0 Å². The molecule has 0 atom stereocenters. The lowest BCUT2D eigenvalue weighted by Gasteiger charge is -2.56. The van der Waals surface area contributed by atoms with Crippen molar-refractivity contribution in [2.24, 2.45) is 23.2 Å². The normalized spacial score (nSPS) is 32.1. The molecule has 4 aliphatic rings. The Balaban J connectivity index is 1.18. The van der Waals surface area contributed by atoms with E-state index in [-0.39, 0.29) is 0 Å². The Bertz CT molecular complexity index is 542. The first-order valence-corrected chi connectivity index (χ1v) is 12.6. The molecular weight excluding hydrogens is 358 g/mol. The van der Waals surface area contributed by atoms with E-state index in [0.29, 0.717) is 23.3 Å². The van der Waals surface area contributed by atoms with E-state index in [1.807, 2.05) is 0 Å². The summed E-state index contributed by atoms with van der Waals surface area (Å²) in [4.78, 5) is 20.7. The van der Waals surface area contributed by atoms with Gasteiger partial charge in [0, 0.05) is 44.2 Å². The minimum absolute atomic E-state index is 0.307. The van der Waals surface area contributed by atoms with Gasteiger partial charge in [-0.15, -0.1) is 0 Å². The highest BCUT2D eigenvalue weighted by atomic mass is 16.2. The van der Waals surface area contributed by atoms with E-state index >= 15 is 0 Å². The maximum Gasteiger partial charge on any atom is 0.225 e. The zero-order valence-electron chi connectivity index (χ0n) is 19.5. The van der Waals surface area contributed by atoms with Crippen LogP contribution >= 0.6 is 0 Å².